The number of amides is 1. The number of carboxylic acids is 1. The first-order chi connectivity index (χ1) is 9.45. The Morgan fingerprint density at radius 1 is 1.30 bits per heavy atom. The monoisotopic (exact) mass is 295 g/mol. The fourth-order valence-electron chi connectivity index (χ4n) is 1.50. The zero-order valence-corrected chi connectivity index (χ0v) is 12.9. The normalized spacial score (nSPS) is 13.6. The van der Waals surface area contributed by atoms with Crippen LogP contribution in [0, 0.1) is 5.92 Å². The minimum Gasteiger partial charge on any atom is -0.480 e. The topological polar surface area (TPSA) is 66.4 Å². The van der Waals surface area contributed by atoms with Crippen LogP contribution < -0.4 is 5.32 Å². The molecule has 0 heterocycles. The predicted octanol–water partition coefficient (Wildman–Crippen LogP) is 3.03. The van der Waals surface area contributed by atoms with E-state index in [1.54, 1.807) is 25.1 Å². The first kappa shape index (κ1) is 16.6. The highest BCUT2D eigenvalue weighted by atomic mass is 32.2. The van der Waals surface area contributed by atoms with Crippen molar-refractivity contribution < 1.29 is 14.7 Å². The molecule has 1 rings (SSSR count). The molecule has 0 bridgehead atoms. The van der Waals surface area contributed by atoms with E-state index in [0.717, 1.165) is 6.42 Å². The maximum atomic E-state index is 12.2. The highest BCUT2D eigenvalue weighted by molar-refractivity contribution is 8.00. The van der Waals surface area contributed by atoms with Crippen LogP contribution >= 0.6 is 11.8 Å². The summed E-state index contributed by atoms with van der Waals surface area (Å²) >= 11 is 1.19. The van der Waals surface area contributed by atoms with Crippen LogP contribution in [0.1, 0.15) is 37.6 Å². The number of carbonyl (C=O) groups excluding carboxylic acids is 1. The van der Waals surface area contributed by atoms with Crippen LogP contribution in [0.5, 0.6) is 0 Å². The Kier molecular flexibility index (Phi) is 6.58. The summed E-state index contributed by atoms with van der Waals surface area (Å²) in [5, 5.41) is 11.3. The van der Waals surface area contributed by atoms with Gasteiger partial charge in [-0.1, -0.05) is 32.4 Å². The average Bonchev–Trinajstić information content (AvgIpc) is 2.44. The smallest absolute Gasteiger partial charge is 0.316 e. The molecule has 110 valence electrons. The maximum absolute atomic E-state index is 12.2. The molecule has 1 amide bonds. The molecule has 0 aliphatic carbocycles. The van der Waals surface area contributed by atoms with Crippen molar-refractivity contribution in [2.24, 2.45) is 5.92 Å². The largest absolute Gasteiger partial charge is 0.480 e. The first-order valence-corrected chi connectivity index (χ1v) is 7.60. The van der Waals surface area contributed by atoms with Crippen LogP contribution in [0.25, 0.3) is 0 Å². The van der Waals surface area contributed by atoms with E-state index in [2.05, 4.69) is 19.2 Å². The molecule has 0 saturated heterocycles. The van der Waals surface area contributed by atoms with E-state index < -0.39 is 11.2 Å². The van der Waals surface area contributed by atoms with E-state index in [4.69, 9.17) is 5.11 Å². The molecular weight excluding hydrogens is 274 g/mol. The fourth-order valence-corrected chi connectivity index (χ4v) is 2.43. The zero-order valence-electron chi connectivity index (χ0n) is 12.1. The maximum Gasteiger partial charge on any atom is 0.316 e. The van der Waals surface area contributed by atoms with Gasteiger partial charge in [0.15, 0.2) is 0 Å². The summed E-state index contributed by atoms with van der Waals surface area (Å²) in [6.07, 6.45) is 1.01. The van der Waals surface area contributed by atoms with E-state index in [-0.39, 0.29) is 5.91 Å². The molecule has 4 nitrogen and oxygen atoms in total. The van der Waals surface area contributed by atoms with Gasteiger partial charge in [-0.25, -0.2) is 0 Å². The van der Waals surface area contributed by atoms with Gasteiger partial charge in [-0.2, -0.15) is 0 Å². The Balaban J connectivity index is 2.79. The molecule has 1 aromatic carbocycles. The first-order valence-electron chi connectivity index (χ1n) is 6.72. The number of aliphatic carboxylic acids is 1. The van der Waals surface area contributed by atoms with Crippen molar-refractivity contribution in [2.45, 2.75) is 37.3 Å². The van der Waals surface area contributed by atoms with E-state index in [9.17, 15) is 9.59 Å². The third kappa shape index (κ3) is 4.89. The Labute approximate surface area is 124 Å². The minimum absolute atomic E-state index is 0.147. The van der Waals surface area contributed by atoms with Crippen LogP contribution in [0.4, 0.5) is 0 Å². The average molecular weight is 295 g/mol. The second-order valence-corrected chi connectivity index (χ2v) is 6.20. The molecule has 0 spiro atoms. The van der Waals surface area contributed by atoms with Crippen molar-refractivity contribution in [3.63, 3.8) is 0 Å². The van der Waals surface area contributed by atoms with Gasteiger partial charge >= 0.3 is 5.97 Å². The Morgan fingerprint density at radius 2 is 1.95 bits per heavy atom. The summed E-state index contributed by atoms with van der Waals surface area (Å²) in [6.45, 7) is 6.40. The molecule has 0 aliphatic rings. The lowest BCUT2D eigenvalue weighted by molar-refractivity contribution is -0.136. The van der Waals surface area contributed by atoms with Gasteiger partial charge in [-0.3, -0.25) is 9.59 Å². The van der Waals surface area contributed by atoms with Crippen molar-refractivity contribution >= 4 is 23.6 Å². The lowest BCUT2D eigenvalue weighted by atomic mass is 10.1. The minimum atomic E-state index is -0.884. The number of rotatable bonds is 7. The number of thioether (sulfide) groups is 1. The molecular formula is C15H21NO3S. The highest BCUT2D eigenvalue weighted by Gasteiger charge is 2.17. The molecule has 2 N–H and O–H groups in total. The third-order valence-corrected chi connectivity index (χ3v) is 4.26. The predicted molar refractivity (Wildman–Crippen MR) is 81.2 cm³/mol. The van der Waals surface area contributed by atoms with Crippen molar-refractivity contribution in [1.29, 1.82) is 0 Å². The molecule has 5 heteroatoms. The molecule has 0 saturated carbocycles. The van der Waals surface area contributed by atoms with Gasteiger partial charge in [0.25, 0.3) is 5.91 Å². The fraction of sp³-hybridized carbons (Fsp3) is 0.467. The summed E-state index contributed by atoms with van der Waals surface area (Å²) in [6, 6.07) is 7.10. The zero-order chi connectivity index (χ0) is 15.1. The lowest BCUT2D eigenvalue weighted by Gasteiger charge is -2.13. The van der Waals surface area contributed by atoms with Gasteiger partial charge < -0.3 is 10.4 Å². The van der Waals surface area contributed by atoms with Gasteiger partial charge in [-0.15, -0.1) is 11.8 Å². The van der Waals surface area contributed by atoms with Crippen molar-refractivity contribution in [3.8, 4) is 0 Å². The molecule has 0 aromatic heterocycles. The summed E-state index contributed by atoms with van der Waals surface area (Å²) < 4.78 is 0. The molecule has 2 atom stereocenters. The Hall–Kier alpha value is -1.49. The molecule has 1 aromatic rings. The Bertz CT molecular complexity index is 476. The number of benzene rings is 1. The van der Waals surface area contributed by atoms with Gasteiger partial charge in [0.1, 0.15) is 5.25 Å². The summed E-state index contributed by atoms with van der Waals surface area (Å²) in [7, 11) is 0. The van der Waals surface area contributed by atoms with Crippen molar-refractivity contribution in [2.75, 3.05) is 6.54 Å². The quantitative estimate of drug-likeness (QED) is 0.759. The van der Waals surface area contributed by atoms with Gasteiger partial charge in [0.05, 0.1) is 5.56 Å². The number of carbonyl (C=O) groups is 2. The Morgan fingerprint density at radius 3 is 2.55 bits per heavy atom. The van der Waals surface area contributed by atoms with E-state index in [1.807, 2.05) is 6.07 Å². The molecule has 0 fully saturated rings. The van der Waals surface area contributed by atoms with Crippen LogP contribution in [0.3, 0.4) is 0 Å². The second-order valence-electron chi connectivity index (χ2n) is 4.82. The highest BCUT2D eigenvalue weighted by Crippen LogP contribution is 2.27. The van der Waals surface area contributed by atoms with Crippen LogP contribution in [-0.2, 0) is 4.79 Å². The molecule has 0 aliphatic heterocycles. The van der Waals surface area contributed by atoms with E-state index in [1.165, 1.54) is 11.8 Å². The standard InChI is InChI=1S/C15H21NO3S/c1-4-10(2)9-16-14(17)12-7-5-6-8-13(12)20-11(3)15(18)19/h5-8,10-11H,4,9H2,1-3H3,(H,16,17)(H,18,19). The molecule has 2 unspecified atom stereocenters. The number of carboxylic acid groups (broad SMARTS) is 1. The second kappa shape index (κ2) is 7.94. The van der Waals surface area contributed by atoms with Crippen molar-refractivity contribution in [3.05, 3.63) is 29.8 Å². The van der Waals surface area contributed by atoms with E-state index >= 15 is 0 Å². The van der Waals surface area contributed by atoms with Crippen LogP contribution in [0.15, 0.2) is 29.2 Å². The van der Waals surface area contributed by atoms with Gasteiger partial charge in [0.2, 0.25) is 0 Å². The van der Waals surface area contributed by atoms with Crippen LogP contribution in [-0.4, -0.2) is 28.8 Å². The number of hydrogen-bond acceptors (Lipinski definition) is 3. The third-order valence-electron chi connectivity index (χ3n) is 3.09. The molecule has 0 radical (unpaired) electrons. The SMILES string of the molecule is CCC(C)CNC(=O)c1ccccc1SC(C)C(=O)O. The number of hydrogen-bond donors (Lipinski definition) is 2. The summed E-state index contributed by atoms with van der Waals surface area (Å²) in [5.74, 6) is -0.604. The van der Waals surface area contributed by atoms with Gasteiger partial charge in [-0.05, 0) is 25.0 Å². The van der Waals surface area contributed by atoms with Gasteiger partial charge in [0, 0.05) is 11.4 Å². The summed E-state index contributed by atoms with van der Waals surface area (Å²) in [4.78, 5) is 23.8. The van der Waals surface area contributed by atoms with Crippen molar-refractivity contribution in [1.82, 2.24) is 5.32 Å². The van der Waals surface area contributed by atoms with Crippen LogP contribution in [0.2, 0.25) is 0 Å². The molecule has 20 heavy (non-hydrogen) atoms. The number of nitrogens with one attached hydrogen (secondary N) is 1. The van der Waals surface area contributed by atoms with E-state index in [0.29, 0.717) is 22.9 Å². The lowest BCUT2D eigenvalue weighted by Crippen LogP contribution is -2.28. The summed E-state index contributed by atoms with van der Waals surface area (Å²) in [5.41, 5.74) is 0.536.